The summed E-state index contributed by atoms with van der Waals surface area (Å²) in [4.78, 5) is 12.8. The first-order valence-electron chi connectivity index (χ1n) is 4.45. The molecule has 0 radical (unpaired) electrons. The van der Waals surface area contributed by atoms with Crippen LogP contribution in [0.3, 0.4) is 0 Å². The van der Waals surface area contributed by atoms with Gasteiger partial charge in [-0.05, 0) is 12.1 Å². The number of aliphatic carboxylic acids is 1. The van der Waals surface area contributed by atoms with E-state index in [4.69, 9.17) is 5.11 Å². The van der Waals surface area contributed by atoms with Crippen LogP contribution in [-0.2, 0) is 4.79 Å². The maximum absolute atomic E-state index is 10.9. The average Bonchev–Trinajstić information content (AvgIpc) is 2.67. The van der Waals surface area contributed by atoms with E-state index in [0.717, 1.165) is 18.0 Å². The molecule has 1 aliphatic heterocycles. The number of nitrogens with zero attached hydrogens (tertiary/aromatic N) is 1. The summed E-state index contributed by atoms with van der Waals surface area (Å²) in [5.74, 6) is 0.127. The molecule has 1 aromatic carbocycles. The van der Waals surface area contributed by atoms with Gasteiger partial charge < -0.3 is 10.0 Å². The summed E-state index contributed by atoms with van der Waals surface area (Å²) in [6, 6.07) is 9.68. The van der Waals surface area contributed by atoms with Crippen LogP contribution in [0, 0.1) is 0 Å². The number of rotatable bonds is 2. The van der Waals surface area contributed by atoms with E-state index >= 15 is 0 Å². The molecule has 4 heteroatoms. The number of hydrogen-bond donors (Lipinski definition) is 1. The van der Waals surface area contributed by atoms with Gasteiger partial charge in [0.2, 0.25) is 0 Å². The van der Waals surface area contributed by atoms with E-state index in [1.54, 1.807) is 0 Å². The first-order chi connectivity index (χ1) is 6.79. The van der Waals surface area contributed by atoms with Crippen molar-refractivity contribution in [3.8, 4) is 0 Å². The van der Waals surface area contributed by atoms with E-state index in [0.29, 0.717) is 0 Å². The smallest absolute Gasteiger partial charge is 0.336 e. The Morgan fingerprint density at radius 2 is 2.14 bits per heavy atom. The molecule has 1 N–H and O–H groups in total. The van der Waals surface area contributed by atoms with Crippen molar-refractivity contribution in [2.75, 3.05) is 17.2 Å². The van der Waals surface area contributed by atoms with Crippen LogP contribution in [0.15, 0.2) is 30.3 Å². The van der Waals surface area contributed by atoms with Crippen LogP contribution in [0.25, 0.3) is 0 Å². The molecule has 1 saturated heterocycles. The van der Waals surface area contributed by atoms with Gasteiger partial charge in [0.15, 0.2) is 5.37 Å². The summed E-state index contributed by atoms with van der Waals surface area (Å²) in [5.41, 5.74) is 0.991. The molecule has 0 aliphatic carbocycles. The number of carboxylic acids is 1. The first kappa shape index (κ1) is 9.40. The van der Waals surface area contributed by atoms with Gasteiger partial charge in [0, 0.05) is 18.0 Å². The molecule has 0 amide bonds. The van der Waals surface area contributed by atoms with Crippen molar-refractivity contribution in [3.63, 3.8) is 0 Å². The summed E-state index contributed by atoms with van der Waals surface area (Å²) in [5, 5.41) is 8.56. The fraction of sp³-hybridized carbons (Fsp3) is 0.300. The summed E-state index contributed by atoms with van der Waals surface area (Å²) in [7, 11) is 0. The quantitative estimate of drug-likeness (QED) is 0.804. The van der Waals surface area contributed by atoms with Crippen molar-refractivity contribution in [1.82, 2.24) is 0 Å². The molecule has 0 bridgehead atoms. The lowest BCUT2D eigenvalue weighted by Crippen LogP contribution is -2.34. The van der Waals surface area contributed by atoms with E-state index in [1.807, 2.05) is 35.2 Å². The highest BCUT2D eigenvalue weighted by Gasteiger charge is 2.31. The number of para-hydroxylation sites is 1. The van der Waals surface area contributed by atoms with Gasteiger partial charge in [-0.3, -0.25) is 0 Å². The number of hydrogen-bond acceptors (Lipinski definition) is 3. The lowest BCUT2D eigenvalue weighted by atomic mass is 10.3. The average molecular weight is 209 g/mol. The van der Waals surface area contributed by atoms with Gasteiger partial charge >= 0.3 is 5.97 Å². The number of anilines is 1. The lowest BCUT2D eigenvalue weighted by molar-refractivity contribution is -0.136. The zero-order valence-corrected chi connectivity index (χ0v) is 8.41. The Kier molecular flexibility index (Phi) is 2.63. The van der Waals surface area contributed by atoms with E-state index in [2.05, 4.69) is 0 Å². The third-order valence-corrected chi connectivity index (χ3v) is 3.38. The Labute approximate surface area is 86.7 Å². The second-order valence-electron chi connectivity index (χ2n) is 3.09. The van der Waals surface area contributed by atoms with Crippen LogP contribution in [0.2, 0.25) is 0 Å². The monoisotopic (exact) mass is 209 g/mol. The van der Waals surface area contributed by atoms with Crippen molar-refractivity contribution in [2.24, 2.45) is 0 Å². The molecule has 0 saturated carbocycles. The standard InChI is InChI=1S/C10H11NO2S/c12-10(13)9-11(6-7-14-9)8-4-2-1-3-5-8/h1-5,9H,6-7H2,(H,12,13)/t9-/m1/s1. The predicted octanol–water partition coefficient (Wildman–Crippen LogP) is 1.65. The van der Waals surface area contributed by atoms with Crippen LogP contribution in [0.5, 0.6) is 0 Å². The summed E-state index contributed by atoms with van der Waals surface area (Å²) >= 11 is 1.48. The third-order valence-electron chi connectivity index (χ3n) is 2.19. The number of carbonyl (C=O) groups is 1. The molecule has 2 rings (SSSR count). The normalized spacial score (nSPS) is 21.1. The fourth-order valence-corrected chi connectivity index (χ4v) is 2.63. The van der Waals surface area contributed by atoms with Gasteiger partial charge in [0.25, 0.3) is 0 Å². The van der Waals surface area contributed by atoms with Crippen molar-refractivity contribution >= 4 is 23.4 Å². The minimum absolute atomic E-state index is 0.419. The van der Waals surface area contributed by atoms with Gasteiger partial charge in [-0.25, -0.2) is 4.79 Å². The largest absolute Gasteiger partial charge is 0.479 e. The predicted molar refractivity (Wildman–Crippen MR) is 57.7 cm³/mol. The van der Waals surface area contributed by atoms with Crippen molar-refractivity contribution in [1.29, 1.82) is 0 Å². The number of thioether (sulfide) groups is 1. The number of carboxylic acid groups (broad SMARTS) is 1. The van der Waals surface area contributed by atoms with Gasteiger partial charge in [0.1, 0.15) is 0 Å². The Balaban J connectivity index is 2.22. The fourth-order valence-electron chi connectivity index (χ4n) is 1.56. The topological polar surface area (TPSA) is 40.5 Å². The van der Waals surface area contributed by atoms with Crippen LogP contribution >= 0.6 is 11.8 Å². The summed E-state index contributed by atoms with van der Waals surface area (Å²) in [6.45, 7) is 0.811. The molecule has 0 unspecified atom stereocenters. The molecule has 1 atom stereocenters. The molecule has 1 fully saturated rings. The van der Waals surface area contributed by atoms with Crippen molar-refractivity contribution < 1.29 is 9.90 Å². The molecule has 0 spiro atoms. The van der Waals surface area contributed by atoms with Crippen molar-refractivity contribution in [3.05, 3.63) is 30.3 Å². The minimum Gasteiger partial charge on any atom is -0.479 e. The Bertz CT molecular complexity index is 328. The summed E-state index contributed by atoms with van der Waals surface area (Å²) in [6.07, 6.45) is 0. The van der Waals surface area contributed by atoms with Crippen LogP contribution in [0.1, 0.15) is 0 Å². The first-order valence-corrected chi connectivity index (χ1v) is 5.50. The Morgan fingerprint density at radius 3 is 2.79 bits per heavy atom. The zero-order chi connectivity index (χ0) is 9.97. The van der Waals surface area contributed by atoms with Gasteiger partial charge in [-0.1, -0.05) is 18.2 Å². The van der Waals surface area contributed by atoms with Gasteiger partial charge in [-0.15, -0.1) is 11.8 Å². The third kappa shape index (κ3) is 1.70. The van der Waals surface area contributed by atoms with E-state index in [-0.39, 0.29) is 0 Å². The molecule has 1 aliphatic rings. The van der Waals surface area contributed by atoms with Crippen molar-refractivity contribution in [2.45, 2.75) is 5.37 Å². The molecule has 1 heterocycles. The van der Waals surface area contributed by atoms with Crippen LogP contribution in [0.4, 0.5) is 5.69 Å². The lowest BCUT2D eigenvalue weighted by Gasteiger charge is -2.22. The maximum atomic E-state index is 10.9. The Hall–Kier alpha value is -1.16. The molecule has 3 nitrogen and oxygen atoms in total. The summed E-state index contributed by atoms with van der Waals surface area (Å²) < 4.78 is 0. The number of benzene rings is 1. The maximum Gasteiger partial charge on any atom is 0.336 e. The highest BCUT2D eigenvalue weighted by molar-refractivity contribution is 8.01. The highest BCUT2D eigenvalue weighted by atomic mass is 32.2. The molecule has 0 aromatic heterocycles. The molecular formula is C10H11NO2S. The Morgan fingerprint density at radius 1 is 1.43 bits per heavy atom. The van der Waals surface area contributed by atoms with Crippen LogP contribution < -0.4 is 4.90 Å². The second-order valence-corrected chi connectivity index (χ2v) is 4.28. The SMILES string of the molecule is O=C(O)[C@H]1SCCN1c1ccccc1. The van der Waals surface area contributed by atoms with Gasteiger partial charge in [-0.2, -0.15) is 0 Å². The second kappa shape index (κ2) is 3.92. The van der Waals surface area contributed by atoms with Gasteiger partial charge in [0.05, 0.1) is 0 Å². The molecular weight excluding hydrogens is 198 g/mol. The van der Waals surface area contributed by atoms with E-state index in [9.17, 15) is 4.79 Å². The molecule has 14 heavy (non-hydrogen) atoms. The zero-order valence-electron chi connectivity index (χ0n) is 7.59. The highest BCUT2D eigenvalue weighted by Crippen LogP contribution is 2.29. The van der Waals surface area contributed by atoms with Crippen LogP contribution in [-0.4, -0.2) is 28.7 Å². The molecule has 1 aromatic rings. The van der Waals surface area contributed by atoms with E-state index < -0.39 is 11.3 Å². The molecule has 74 valence electrons. The van der Waals surface area contributed by atoms with E-state index in [1.165, 1.54) is 11.8 Å². The minimum atomic E-state index is -0.753.